The molecule has 0 radical (unpaired) electrons. The van der Waals surface area contributed by atoms with Crippen molar-refractivity contribution in [1.29, 1.82) is 0 Å². The van der Waals surface area contributed by atoms with Gasteiger partial charge in [-0.1, -0.05) is 18.2 Å². The fraction of sp³-hybridized carbons (Fsp3) is 0.182. The maximum absolute atomic E-state index is 13.9. The molecule has 8 heteroatoms. The van der Waals surface area contributed by atoms with Crippen molar-refractivity contribution < 1.29 is 32.7 Å². The minimum atomic E-state index is -4.01. The van der Waals surface area contributed by atoms with E-state index in [0.29, 0.717) is 11.5 Å². The second-order valence-electron chi connectivity index (χ2n) is 6.22. The van der Waals surface area contributed by atoms with E-state index in [1.54, 1.807) is 54.4 Å². The molecule has 2 aliphatic rings. The summed E-state index contributed by atoms with van der Waals surface area (Å²) in [7, 11) is -1.09. The van der Waals surface area contributed by atoms with Crippen molar-refractivity contribution in [2.45, 2.75) is 12.2 Å². The van der Waals surface area contributed by atoms with Crippen LogP contribution >= 0.6 is 7.60 Å². The summed E-state index contributed by atoms with van der Waals surface area (Å²) in [5.74, 6) is 4.42. The first kappa shape index (κ1) is 21.5. The average Bonchev–Trinajstić information content (AvgIpc) is 2.80. The van der Waals surface area contributed by atoms with Crippen molar-refractivity contribution in [3.8, 4) is 0 Å². The van der Waals surface area contributed by atoms with Gasteiger partial charge in [0.15, 0.2) is 0 Å². The highest BCUT2D eigenvalue weighted by molar-refractivity contribution is 7.62. The molecule has 3 rings (SSSR count). The number of methoxy groups -OCH3 is 2. The highest BCUT2D eigenvalue weighted by Crippen LogP contribution is 2.51. The predicted octanol–water partition coefficient (Wildman–Crippen LogP) is 2.99. The topological polar surface area (TPSA) is 88.1 Å². The summed E-state index contributed by atoms with van der Waals surface area (Å²) in [6, 6.07) is 8.29. The molecule has 0 bridgehead atoms. The fourth-order valence-corrected chi connectivity index (χ4v) is 4.60. The lowest BCUT2D eigenvalue weighted by molar-refractivity contribution is 0.184. The highest BCUT2D eigenvalue weighted by Gasteiger charge is 2.36. The molecule has 2 atom stereocenters. The molecule has 1 aromatic rings. The van der Waals surface area contributed by atoms with E-state index in [0.717, 1.165) is 0 Å². The minimum Gasteiger partial charge on any atom is -0.497 e. The van der Waals surface area contributed by atoms with E-state index in [4.69, 9.17) is 18.5 Å². The number of allylic oxidation sites excluding steroid dienone is 2. The second kappa shape index (κ2) is 9.55. The Morgan fingerprint density at radius 1 is 0.800 bits per heavy atom. The van der Waals surface area contributed by atoms with Crippen LogP contribution in [-0.4, -0.2) is 38.3 Å². The maximum atomic E-state index is 13.9. The molecular weight excluding hydrogens is 407 g/mol. The SMILES string of the molecule is COC1=CC(=C=O)C(OP(=O)(OC2C=CC(OC)=CC2=C=O)c2ccccc2)C=C1. The number of benzene rings is 1. The van der Waals surface area contributed by atoms with Crippen LogP contribution < -0.4 is 5.30 Å². The molecule has 0 aliphatic heterocycles. The molecule has 0 spiro atoms. The first-order valence-electron chi connectivity index (χ1n) is 8.93. The molecule has 30 heavy (non-hydrogen) atoms. The van der Waals surface area contributed by atoms with Crippen LogP contribution in [0.15, 0.2) is 89.5 Å². The smallest absolute Gasteiger partial charge is 0.363 e. The third-order valence-corrected chi connectivity index (χ3v) is 6.30. The summed E-state index contributed by atoms with van der Waals surface area (Å²) < 4.78 is 35.7. The van der Waals surface area contributed by atoms with Gasteiger partial charge in [0.05, 0.1) is 30.7 Å². The molecule has 1 aromatic carbocycles. The summed E-state index contributed by atoms with van der Waals surface area (Å²) in [4.78, 5) is 22.8. The van der Waals surface area contributed by atoms with Crippen LogP contribution in [0, 0.1) is 0 Å². The lowest BCUT2D eigenvalue weighted by atomic mass is 10.1. The molecule has 7 nitrogen and oxygen atoms in total. The zero-order valence-electron chi connectivity index (χ0n) is 16.3. The van der Waals surface area contributed by atoms with Crippen molar-refractivity contribution in [2.24, 2.45) is 0 Å². The summed E-state index contributed by atoms with van der Waals surface area (Å²) in [5, 5.41) is 0.269. The van der Waals surface area contributed by atoms with Crippen LogP contribution in [0.25, 0.3) is 0 Å². The first-order valence-corrected chi connectivity index (χ1v) is 10.5. The maximum Gasteiger partial charge on any atom is 0.363 e. The Hall–Kier alpha value is -3.17. The first-order chi connectivity index (χ1) is 14.5. The van der Waals surface area contributed by atoms with Gasteiger partial charge in [-0.15, -0.1) is 0 Å². The van der Waals surface area contributed by atoms with Gasteiger partial charge in [-0.2, -0.15) is 0 Å². The normalized spacial score (nSPS) is 22.3. The van der Waals surface area contributed by atoms with Crippen LogP contribution in [-0.2, 0) is 32.7 Å². The van der Waals surface area contributed by atoms with Crippen molar-refractivity contribution in [2.75, 3.05) is 14.2 Å². The monoisotopic (exact) mass is 426 g/mol. The van der Waals surface area contributed by atoms with Crippen molar-refractivity contribution >= 4 is 24.8 Å². The fourth-order valence-electron chi connectivity index (χ4n) is 2.81. The molecular formula is C22H19O7P. The van der Waals surface area contributed by atoms with E-state index in [1.165, 1.54) is 38.5 Å². The standard InChI is InChI=1S/C22H19O7P/c1-26-18-8-10-21(16(12-18)14-23)28-30(25,20-6-4-3-5-7-20)29-22-11-9-19(27-2)13-17(22)15-24/h3-13,21-22H,1-2H3. The lowest BCUT2D eigenvalue weighted by Crippen LogP contribution is -2.24. The largest absolute Gasteiger partial charge is 0.497 e. The van der Waals surface area contributed by atoms with Crippen LogP contribution in [0.4, 0.5) is 0 Å². The van der Waals surface area contributed by atoms with E-state index in [-0.39, 0.29) is 16.5 Å². The second-order valence-corrected chi connectivity index (χ2v) is 8.15. The predicted molar refractivity (Wildman–Crippen MR) is 110 cm³/mol. The van der Waals surface area contributed by atoms with Crippen LogP contribution in [0.1, 0.15) is 0 Å². The van der Waals surface area contributed by atoms with Gasteiger partial charge in [-0.3, -0.25) is 13.6 Å². The Balaban J connectivity index is 1.95. The van der Waals surface area contributed by atoms with Crippen molar-refractivity contribution in [3.63, 3.8) is 0 Å². The lowest BCUT2D eigenvalue weighted by Gasteiger charge is -2.27. The van der Waals surface area contributed by atoms with Gasteiger partial charge in [0.2, 0.25) is 0 Å². The summed E-state index contributed by atoms with van der Waals surface area (Å²) in [6.45, 7) is 0. The van der Waals surface area contributed by atoms with E-state index in [9.17, 15) is 14.2 Å². The minimum absolute atomic E-state index is 0.0982. The summed E-state index contributed by atoms with van der Waals surface area (Å²) in [5.41, 5.74) is 0.196. The molecule has 0 aromatic heterocycles. The molecule has 2 unspecified atom stereocenters. The van der Waals surface area contributed by atoms with Gasteiger partial charge in [0.1, 0.15) is 35.6 Å². The Kier molecular flexibility index (Phi) is 6.86. The van der Waals surface area contributed by atoms with Crippen LogP contribution in [0.5, 0.6) is 0 Å². The van der Waals surface area contributed by atoms with Gasteiger partial charge in [-0.05, 0) is 48.6 Å². The van der Waals surface area contributed by atoms with Crippen molar-refractivity contribution in [1.82, 2.24) is 0 Å². The molecule has 0 heterocycles. The zero-order valence-corrected chi connectivity index (χ0v) is 17.2. The number of carbonyl (C=O) groups excluding carboxylic acids is 2. The summed E-state index contributed by atoms with van der Waals surface area (Å²) in [6.07, 6.45) is 7.15. The highest BCUT2D eigenvalue weighted by atomic mass is 31.2. The quantitative estimate of drug-likeness (QED) is 0.489. The van der Waals surface area contributed by atoms with Gasteiger partial charge < -0.3 is 9.47 Å². The molecule has 0 fully saturated rings. The number of hydrogen-bond acceptors (Lipinski definition) is 7. The molecule has 154 valence electrons. The van der Waals surface area contributed by atoms with E-state index in [2.05, 4.69) is 0 Å². The van der Waals surface area contributed by atoms with Gasteiger partial charge >= 0.3 is 7.60 Å². The van der Waals surface area contributed by atoms with Crippen LogP contribution in [0.2, 0.25) is 0 Å². The van der Waals surface area contributed by atoms with E-state index in [1.807, 2.05) is 0 Å². The molecule has 2 aliphatic carbocycles. The van der Waals surface area contributed by atoms with Gasteiger partial charge in [0, 0.05) is 0 Å². The Labute approximate surface area is 173 Å². The number of hydrogen-bond donors (Lipinski definition) is 0. The summed E-state index contributed by atoms with van der Waals surface area (Å²) >= 11 is 0. The molecule has 0 amide bonds. The van der Waals surface area contributed by atoms with Crippen molar-refractivity contribution in [3.05, 3.63) is 89.5 Å². The number of ether oxygens (including phenoxy) is 2. The van der Waals surface area contributed by atoms with E-state index >= 15 is 0 Å². The van der Waals surface area contributed by atoms with Gasteiger partial charge in [0.25, 0.3) is 0 Å². The zero-order chi connectivity index (χ0) is 21.6. The Bertz CT molecular complexity index is 1000. The third-order valence-electron chi connectivity index (χ3n) is 4.36. The van der Waals surface area contributed by atoms with Gasteiger partial charge in [-0.25, -0.2) is 9.59 Å². The average molecular weight is 426 g/mol. The molecule has 0 N–H and O–H groups in total. The number of rotatable bonds is 7. The molecule has 0 saturated carbocycles. The van der Waals surface area contributed by atoms with Crippen LogP contribution in [0.3, 0.4) is 0 Å². The Morgan fingerprint density at radius 3 is 1.67 bits per heavy atom. The Morgan fingerprint density at radius 2 is 1.27 bits per heavy atom. The van der Waals surface area contributed by atoms with E-state index < -0.39 is 19.8 Å². The molecule has 0 saturated heterocycles. The third kappa shape index (κ3) is 4.69.